The van der Waals surface area contributed by atoms with Gasteiger partial charge in [-0.25, -0.2) is 4.99 Å². The van der Waals surface area contributed by atoms with Crippen LogP contribution in [-0.2, 0) is 16.1 Å². The number of fused-ring (bicyclic) bond motifs is 1. The van der Waals surface area contributed by atoms with Crippen LogP contribution >= 0.6 is 23.6 Å². The van der Waals surface area contributed by atoms with E-state index in [2.05, 4.69) is 4.99 Å². The molecule has 128 valence electrons. The fraction of sp³-hybridized carbons (Fsp3) is 0.278. The SMILES string of the molecule is O=C1N=c2ccccc2=C/C1=C\c1sc(=S)n(C[C@@H]2CCCO2)c1O. The topological polar surface area (TPSA) is 63.8 Å². The van der Waals surface area contributed by atoms with Crippen LogP contribution < -0.4 is 10.6 Å². The van der Waals surface area contributed by atoms with Gasteiger partial charge in [-0.1, -0.05) is 18.2 Å². The molecule has 1 amide bonds. The first kappa shape index (κ1) is 16.4. The van der Waals surface area contributed by atoms with E-state index in [1.807, 2.05) is 18.2 Å². The Kier molecular flexibility index (Phi) is 4.37. The van der Waals surface area contributed by atoms with Crippen molar-refractivity contribution < 1.29 is 14.6 Å². The molecule has 1 aromatic carbocycles. The van der Waals surface area contributed by atoms with Gasteiger partial charge in [0.1, 0.15) is 0 Å². The van der Waals surface area contributed by atoms with E-state index in [4.69, 9.17) is 17.0 Å². The maximum absolute atomic E-state index is 12.2. The highest BCUT2D eigenvalue weighted by atomic mass is 32.1. The molecule has 0 radical (unpaired) electrons. The molecule has 1 N–H and O–H groups in total. The molecular formula is C18H16N2O3S2. The zero-order chi connectivity index (χ0) is 17.4. The number of amides is 1. The first-order valence-corrected chi connectivity index (χ1v) is 9.30. The number of nitrogens with zero attached hydrogens (tertiary/aromatic N) is 2. The van der Waals surface area contributed by atoms with Gasteiger partial charge >= 0.3 is 0 Å². The minimum atomic E-state index is -0.317. The highest BCUT2D eigenvalue weighted by molar-refractivity contribution is 7.73. The van der Waals surface area contributed by atoms with Gasteiger partial charge in [-0.3, -0.25) is 9.36 Å². The van der Waals surface area contributed by atoms with Crippen molar-refractivity contribution in [2.75, 3.05) is 6.61 Å². The maximum atomic E-state index is 12.2. The monoisotopic (exact) mass is 372 g/mol. The molecule has 2 aromatic rings. The summed E-state index contributed by atoms with van der Waals surface area (Å²) in [5.41, 5.74) is 0.439. The Bertz CT molecular complexity index is 1040. The summed E-state index contributed by atoms with van der Waals surface area (Å²) in [5.74, 6) is -0.235. The molecule has 25 heavy (non-hydrogen) atoms. The zero-order valence-corrected chi connectivity index (χ0v) is 15.0. The predicted molar refractivity (Wildman–Crippen MR) is 98.5 cm³/mol. The normalized spacial score (nSPS) is 21.0. The number of para-hydroxylation sites is 1. The number of hydrogen-bond donors (Lipinski definition) is 1. The lowest BCUT2D eigenvalue weighted by atomic mass is 10.1. The van der Waals surface area contributed by atoms with Crippen molar-refractivity contribution in [2.24, 2.45) is 4.99 Å². The van der Waals surface area contributed by atoms with Gasteiger partial charge in [-0.2, -0.15) is 0 Å². The Morgan fingerprint density at radius 1 is 1.44 bits per heavy atom. The molecule has 4 rings (SSSR count). The van der Waals surface area contributed by atoms with E-state index in [1.165, 1.54) is 11.3 Å². The van der Waals surface area contributed by atoms with Gasteiger partial charge < -0.3 is 9.84 Å². The van der Waals surface area contributed by atoms with Crippen LogP contribution in [0.5, 0.6) is 5.88 Å². The molecule has 1 aromatic heterocycles. The lowest BCUT2D eigenvalue weighted by Crippen LogP contribution is -2.29. The van der Waals surface area contributed by atoms with Crippen LogP contribution in [-0.4, -0.2) is 28.3 Å². The summed E-state index contributed by atoms with van der Waals surface area (Å²) in [4.78, 5) is 16.9. The Balaban J connectivity index is 1.71. The number of ether oxygens (including phenoxy) is 1. The third kappa shape index (κ3) is 3.22. The van der Waals surface area contributed by atoms with E-state index in [-0.39, 0.29) is 17.9 Å². The van der Waals surface area contributed by atoms with Crippen LogP contribution in [0.3, 0.4) is 0 Å². The third-order valence-corrected chi connectivity index (χ3v) is 5.69. The molecule has 1 atom stereocenters. The van der Waals surface area contributed by atoms with Crippen LogP contribution in [0.4, 0.5) is 0 Å². The summed E-state index contributed by atoms with van der Waals surface area (Å²) in [5, 5.41) is 12.1. The number of aromatic hydroxyl groups is 1. The first-order valence-electron chi connectivity index (χ1n) is 8.07. The van der Waals surface area contributed by atoms with Gasteiger partial charge in [0.15, 0.2) is 3.95 Å². The number of carbonyl (C=O) groups is 1. The summed E-state index contributed by atoms with van der Waals surface area (Å²) in [6.45, 7) is 1.29. The highest BCUT2D eigenvalue weighted by Gasteiger charge is 2.20. The molecule has 2 aliphatic rings. The Morgan fingerprint density at radius 3 is 3.08 bits per heavy atom. The average Bonchev–Trinajstić information content (AvgIpc) is 3.20. The molecule has 2 aliphatic heterocycles. The average molecular weight is 372 g/mol. The molecular weight excluding hydrogens is 356 g/mol. The van der Waals surface area contributed by atoms with Crippen LogP contribution in [0, 0.1) is 3.95 Å². The number of benzene rings is 1. The third-order valence-electron chi connectivity index (χ3n) is 4.31. The molecule has 7 heteroatoms. The number of hydrogen-bond acceptors (Lipinski definition) is 5. The largest absolute Gasteiger partial charge is 0.493 e. The summed E-state index contributed by atoms with van der Waals surface area (Å²) in [6.07, 6.45) is 5.53. The molecule has 0 saturated carbocycles. The van der Waals surface area contributed by atoms with Crippen molar-refractivity contribution >= 4 is 41.6 Å². The molecule has 0 spiro atoms. The zero-order valence-electron chi connectivity index (χ0n) is 13.3. The fourth-order valence-electron chi connectivity index (χ4n) is 3.02. The predicted octanol–water partition coefficient (Wildman–Crippen LogP) is 2.19. The van der Waals surface area contributed by atoms with Crippen molar-refractivity contribution in [2.45, 2.75) is 25.5 Å². The number of thiazole rings is 1. The molecule has 3 heterocycles. The molecule has 0 aliphatic carbocycles. The Hall–Kier alpha value is -2.09. The Labute approximate surface area is 153 Å². The van der Waals surface area contributed by atoms with Crippen LogP contribution in [0.25, 0.3) is 12.2 Å². The second-order valence-electron chi connectivity index (χ2n) is 6.02. The number of rotatable bonds is 3. The van der Waals surface area contributed by atoms with E-state index in [9.17, 15) is 9.90 Å². The van der Waals surface area contributed by atoms with Gasteiger partial charge in [0.25, 0.3) is 5.91 Å². The summed E-state index contributed by atoms with van der Waals surface area (Å²) in [7, 11) is 0. The van der Waals surface area contributed by atoms with Crippen molar-refractivity contribution in [3.63, 3.8) is 0 Å². The molecule has 1 fully saturated rings. The molecule has 0 bridgehead atoms. The van der Waals surface area contributed by atoms with Gasteiger partial charge in [0.2, 0.25) is 5.88 Å². The second-order valence-corrected chi connectivity index (χ2v) is 7.70. The van der Waals surface area contributed by atoms with E-state index in [1.54, 1.807) is 22.8 Å². The quantitative estimate of drug-likeness (QED) is 0.663. The van der Waals surface area contributed by atoms with Crippen LogP contribution in [0.2, 0.25) is 0 Å². The smallest absolute Gasteiger partial charge is 0.277 e. The first-order chi connectivity index (χ1) is 12.1. The van der Waals surface area contributed by atoms with E-state index in [0.29, 0.717) is 26.3 Å². The van der Waals surface area contributed by atoms with Gasteiger partial charge in [-0.05, 0) is 43.3 Å². The van der Waals surface area contributed by atoms with Gasteiger partial charge in [-0.15, -0.1) is 11.3 Å². The van der Waals surface area contributed by atoms with Crippen LogP contribution in [0.1, 0.15) is 17.7 Å². The minimum absolute atomic E-state index is 0.0810. The van der Waals surface area contributed by atoms with E-state index >= 15 is 0 Å². The van der Waals surface area contributed by atoms with Crippen molar-refractivity contribution in [3.8, 4) is 5.88 Å². The van der Waals surface area contributed by atoms with Crippen molar-refractivity contribution in [1.29, 1.82) is 0 Å². The molecule has 5 nitrogen and oxygen atoms in total. The summed E-state index contributed by atoms with van der Waals surface area (Å²) < 4.78 is 7.87. The maximum Gasteiger partial charge on any atom is 0.277 e. The number of carbonyl (C=O) groups excluding carboxylic acids is 1. The summed E-state index contributed by atoms with van der Waals surface area (Å²) >= 11 is 6.66. The van der Waals surface area contributed by atoms with E-state index in [0.717, 1.165) is 24.7 Å². The van der Waals surface area contributed by atoms with Crippen molar-refractivity contribution in [3.05, 3.63) is 49.2 Å². The van der Waals surface area contributed by atoms with Gasteiger partial charge in [0.05, 0.1) is 22.9 Å². The van der Waals surface area contributed by atoms with Gasteiger partial charge in [0, 0.05) is 17.4 Å². The lowest BCUT2D eigenvalue weighted by molar-refractivity contribution is -0.114. The Morgan fingerprint density at radius 2 is 2.28 bits per heavy atom. The second kappa shape index (κ2) is 6.67. The highest BCUT2D eigenvalue weighted by Crippen LogP contribution is 2.30. The summed E-state index contributed by atoms with van der Waals surface area (Å²) in [6, 6.07) is 7.46. The minimum Gasteiger partial charge on any atom is -0.493 e. The lowest BCUT2D eigenvalue weighted by Gasteiger charge is -2.11. The number of aromatic nitrogens is 1. The molecule has 0 unspecified atom stereocenters. The van der Waals surface area contributed by atoms with Crippen LogP contribution in [0.15, 0.2) is 34.8 Å². The standard InChI is InChI=1S/C18H16N2O3S2/c21-16-12(8-11-4-1-2-6-14(11)19-16)9-15-17(22)20(18(24)25-15)10-13-5-3-7-23-13/h1-2,4,6,8-9,13,22H,3,5,7,10H2/b12-9+/t13-/m0/s1. The van der Waals surface area contributed by atoms with E-state index < -0.39 is 0 Å². The molecule has 1 saturated heterocycles. The fourth-order valence-corrected chi connectivity index (χ4v) is 4.30. The van der Waals surface area contributed by atoms with Crippen molar-refractivity contribution in [1.82, 2.24) is 4.57 Å².